The lowest BCUT2D eigenvalue weighted by molar-refractivity contribution is -0.143. The molecule has 0 aliphatic heterocycles. The van der Waals surface area contributed by atoms with Crippen LogP contribution in [0.15, 0.2) is 11.0 Å². The number of rotatable bonds is 3. The van der Waals surface area contributed by atoms with Gasteiger partial charge in [0.2, 0.25) is 0 Å². The summed E-state index contributed by atoms with van der Waals surface area (Å²) in [5.41, 5.74) is -0.830. The molecule has 20 heavy (non-hydrogen) atoms. The maximum atomic E-state index is 12.3. The van der Waals surface area contributed by atoms with Crippen molar-refractivity contribution in [1.82, 2.24) is 9.78 Å². The Bertz CT molecular complexity index is 550. The van der Waals surface area contributed by atoms with Crippen molar-refractivity contribution in [2.75, 3.05) is 5.32 Å². The van der Waals surface area contributed by atoms with E-state index in [1.807, 2.05) is 6.92 Å². The number of nitrogens with one attached hydrogen (secondary N) is 1. The highest BCUT2D eigenvalue weighted by Crippen LogP contribution is 2.33. The van der Waals surface area contributed by atoms with Gasteiger partial charge < -0.3 is 5.32 Å². The summed E-state index contributed by atoms with van der Waals surface area (Å²) in [6, 6.07) is 0. The molecule has 1 saturated carbocycles. The molecule has 4 nitrogen and oxygen atoms in total. The molecule has 1 aliphatic carbocycles. The van der Waals surface area contributed by atoms with Crippen LogP contribution >= 0.6 is 11.6 Å². The van der Waals surface area contributed by atoms with Crippen LogP contribution < -0.4 is 10.9 Å². The van der Waals surface area contributed by atoms with Gasteiger partial charge >= 0.3 is 6.18 Å². The molecule has 112 valence electrons. The first-order valence-corrected chi connectivity index (χ1v) is 6.69. The normalized spacial score (nSPS) is 18.2. The Hall–Kier alpha value is -1.24. The summed E-state index contributed by atoms with van der Waals surface area (Å²) in [6.07, 6.45) is 0.662. The molecule has 0 saturated heterocycles. The maximum absolute atomic E-state index is 12.3. The molecular weight excluding hydrogens is 295 g/mol. The van der Waals surface area contributed by atoms with E-state index in [0.717, 1.165) is 25.7 Å². The van der Waals surface area contributed by atoms with Crippen LogP contribution in [0, 0.1) is 0 Å². The summed E-state index contributed by atoms with van der Waals surface area (Å²) in [5.74, 6) is 0. The van der Waals surface area contributed by atoms with Crippen molar-refractivity contribution >= 4 is 17.3 Å². The average molecular weight is 310 g/mol. The second-order valence-corrected chi connectivity index (χ2v) is 5.72. The molecule has 1 aromatic rings. The zero-order valence-electron chi connectivity index (χ0n) is 10.9. The molecule has 0 radical (unpaired) electrons. The number of alkyl halides is 3. The summed E-state index contributed by atoms with van der Waals surface area (Å²) < 4.78 is 37.2. The van der Waals surface area contributed by atoms with Gasteiger partial charge in [0, 0.05) is 5.54 Å². The van der Waals surface area contributed by atoms with Gasteiger partial charge in [-0.2, -0.15) is 18.3 Å². The van der Waals surface area contributed by atoms with Crippen LogP contribution in [0.1, 0.15) is 32.6 Å². The number of aromatic nitrogens is 2. The molecule has 1 fully saturated rings. The number of hydrogen-bond acceptors (Lipinski definition) is 3. The minimum atomic E-state index is -4.51. The highest BCUT2D eigenvalue weighted by Gasteiger charge is 2.31. The van der Waals surface area contributed by atoms with Gasteiger partial charge in [-0.15, -0.1) is 0 Å². The molecule has 0 spiro atoms. The highest BCUT2D eigenvalue weighted by molar-refractivity contribution is 6.32. The second-order valence-electron chi connectivity index (χ2n) is 5.34. The number of hydrogen-bond donors (Lipinski definition) is 1. The third-order valence-electron chi connectivity index (χ3n) is 3.46. The SMILES string of the molecule is CC1(Nc2cnn(CC(F)(F)F)c(=O)c2Cl)CCCC1. The van der Waals surface area contributed by atoms with Crippen LogP contribution in [0.25, 0.3) is 0 Å². The lowest BCUT2D eigenvalue weighted by Gasteiger charge is -2.27. The van der Waals surface area contributed by atoms with E-state index in [9.17, 15) is 18.0 Å². The van der Waals surface area contributed by atoms with Gasteiger partial charge in [0.25, 0.3) is 5.56 Å². The summed E-state index contributed by atoms with van der Waals surface area (Å²) in [6.45, 7) is 0.556. The van der Waals surface area contributed by atoms with Crippen LogP contribution in [0.5, 0.6) is 0 Å². The summed E-state index contributed by atoms with van der Waals surface area (Å²) in [5, 5.41) is 6.41. The van der Waals surface area contributed by atoms with Gasteiger partial charge in [0.1, 0.15) is 11.6 Å². The Morgan fingerprint density at radius 2 is 2.05 bits per heavy atom. The predicted octanol–water partition coefficient (Wildman–Crippen LogP) is 3.20. The topological polar surface area (TPSA) is 46.9 Å². The van der Waals surface area contributed by atoms with Gasteiger partial charge in [-0.25, -0.2) is 4.68 Å². The molecule has 0 amide bonds. The van der Waals surface area contributed by atoms with E-state index in [2.05, 4.69) is 10.4 Å². The highest BCUT2D eigenvalue weighted by atomic mass is 35.5. The fraction of sp³-hybridized carbons (Fsp3) is 0.667. The lowest BCUT2D eigenvalue weighted by atomic mass is 10.0. The zero-order chi connectivity index (χ0) is 15.0. The molecule has 0 aromatic carbocycles. The largest absolute Gasteiger partial charge is 0.408 e. The molecule has 1 N–H and O–H groups in total. The van der Waals surface area contributed by atoms with E-state index in [1.165, 1.54) is 6.20 Å². The van der Waals surface area contributed by atoms with Gasteiger partial charge in [-0.1, -0.05) is 24.4 Å². The van der Waals surface area contributed by atoms with Crippen molar-refractivity contribution < 1.29 is 13.2 Å². The number of nitrogens with zero attached hydrogens (tertiary/aromatic N) is 2. The molecule has 0 atom stereocenters. The molecule has 0 bridgehead atoms. The van der Waals surface area contributed by atoms with Crippen LogP contribution in [0.3, 0.4) is 0 Å². The molecule has 0 unspecified atom stereocenters. The smallest absolute Gasteiger partial charge is 0.377 e. The minimum absolute atomic E-state index is 0.187. The lowest BCUT2D eigenvalue weighted by Crippen LogP contribution is -2.34. The molecular formula is C12H15ClF3N3O. The van der Waals surface area contributed by atoms with Crippen LogP contribution in [0.2, 0.25) is 5.02 Å². The fourth-order valence-corrected chi connectivity index (χ4v) is 2.63. The van der Waals surface area contributed by atoms with E-state index < -0.39 is 18.3 Å². The Morgan fingerprint density at radius 3 is 2.60 bits per heavy atom. The van der Waals surface area contributed by atoms with Crippen molar-refractivity contribution in [3.8, 4) is 0 Å². The second kappa shape index (κ2) is 5.27. The van der Waals surface area contributed by atoms with Crippen molar-refractivity contribution in [2.45, 2.75) is 50.9 Å². The molecule has 1 aliphatic rings. The standard InChI is InChI=1S/C12H15ClF3N3O/c1-11(4-2-3-5-11)18-8-6-17-19(7-12(14,15)16)10(20)9(8)13/h6,18H,2-5,7H2,1H3. The zero-order valence-corrected chi connectivity index (χ0v) is 11.7. The fourth-order valence-electron chi connectivity index (χ4n) is 2.44. The monoisotopic (exact) mass is 309 g/mol. The molecule has 1 aromatic heterocycles. The van der Waals surface area contributed by atoms with Crippen molar-refractivity contribution in [3.63, 3.8) is 0 Å². The maximum Gasteiger partial charge on any atom is 0.408 e. The van der Waals surface area contributed by atoms with Crippen molar-refractivity contribution in [3.05, 3.63) is 21.6 Å². The van der Waals surface area contributed by atoms with Gasteiger partial charge in [-0.3, -0.25) is 4.79 Å². The quantitative estimate of drug-likeness (QED) is 0.932. The first-order valence-electron chi connectivity index (χ1n) is 6.31. The predicted molar refractivity (Wildman–Crippen MR) is 70.1 cm³/mol. The van der Waals surface area contributed by atoms with Gasteiger partial charge in [-0.05, 0) is 19.8 Å². The van der Waals surface area contributed by atoms with Gasteiger partial charge in [0.15, 0.2) is 0 Å². The Balaban J connectivity index is 2.25. The van der Waals surface area contributed by atoms with E-state index >= 15 is 0 Å². The first-order chi connectivity index (χ1) is 9.20. The van der Waals surface area contributed by atoms with Crippen LogP contribution in [-0.2, 0) is 6.54 Å². The Kier molecular flexibility index (Phi) is 4.00. The van der Waals surface area contributed by atoms with E-state index in [1.54, 1.807) is 0 Å². The average Bonchev–Trinajstić information content (AvgIpc) is 2.74. The van der Waals surface area contributed by atoms with Gasteiger partial charge in [0.05, 0.1) is 11.9 Å². The summed E-state index contributed by atoms with van der Waals surface area (Å²) in [4.78, 5) is 11.8. The number of halogens is 4. The third-order valence-corrected chi connectivity index (χ3v) is 3.82. The number of anilines is 1. The Labute approximate surface area is 118 Å². The van der Waals surface area contributed by atoms with Crippen LogP contribution in [0.4, 0.5) is 18.9 Å². The van der Waals surface area contributed by atoms with Crippen molar-refractivity contribution in [2.24, 2.45) is 0 Å². The van der Waals surface area contributed by atoms with Crippen LogP contribution in [-0.4, -0.2) is 21.5 Å². The summed E-state index contributed by atoms with van der Waals surface area (Å²) in [7, 11) is 0. The molecule has 8 heteroatoms. The molecule has 2 rings (SSSR count). The minimum Gasteiger partial charge on any atom is -0.377 e. The third kappa shape index (κ3) is 3.45. The Morgan fingerprint density at radius 1 is 1.45 bits per heavy atom. The van der Waals surface area contributed by atoms with E-state index in [-0.39, 0.29) is 10.6 Å². The van der Waals surface area contributed by atoms with E-state index in [4.69, 9.17) is 11.6 Å². The molecule has 1 heterocycles. The van der Waals surface area contributed by atoms with E-state index in [0.29, 0.717) is 10.4 Å². The van der Waals surface area contributed by atoms with Crippen molar-refractivity contribution in [1.29, 1.82) is 0 Å². The first kappa shape index (κ1) is 15.2. The summed E-state index contributed by atoms with van der Waals surface area (Å²) >= 11 is 5.86.